The number of hydrogen-bond acceptors (Lipinski definition) is 4. The molecule has 0 bridgehead atoms. The van der Waals surface area contributed by atoms with Gasteiger partial charge in [0.05, 0.1) is 12.2 Å². The highest BCUT2D eigenvalue weighted by atomic mass is 16.5. The SMILES string of the molecule is CC1CC(NC2CCN(c3ccccn3)CC2)CC(C)O1. The molecule has 0 amide bonds. The van der Waals surface area contributed by atoms with E-state index in [4.69, 9.17) is 4.74 Å². The summed E-state index contributed by atoms with van der Waals surface area (Å²) in [6.07, 6.45) is 7.35. The highest BCUT2D eigenvalue weighted by Gasteiger charge is 2.28. The zero-order chi connectivity index (χ0) is 14.7. The van der Waals surface area contributed by atoms with Gasteiger partial charge in [0.15, 0.2) is 0 Å². The fraction of sp³-hybridized carbons (Fsp3) is 0.706. The Morgan fingerprint density at radius 2 is 1.81 bits per heavy atom. The van der Waals surface area contributed by atoms with Gasteiger partial charge in [-0.2, -0.15) is 0 Å². The third-order valence-electron chi connectivity index (χ3n) is 4.64. The van der Waals surface area contributed by atoms with Gasteiger partial charge >= 0.3 is 0 Å². The molecule has 0 spiro atoms. The van der Waals surface area contributed by atoms with Crippen LogP contribution in [-0.2, 0) is 4.74 Å². The number of nitrogens with one attached hydrogen (secondary N) is 1. The lowest BCUT2D eigenvalue weighted by atomic mass is 9.96. The molecule has 3 rings (SSSR count). The number of nitrogens with zero attached hydrogens (tertiary/aromatic N) is 2. The van der Waals surface area contributed by atoms with E-state index in [0.717, 1.165) is 31.7 Å². The minimum absolute atomic E-state index is 0.389. The van der Waals surface area contributed by atoms with Crippen LogP contribution in [0.1, 0.15) is 39.5 Å². The average molecular weight is 289 g/mol. The lowest BCUT2D eigenvalue weighted by molar-refractivity contribution is -0.0439. The van der Waals surface area contributed by atoms with E-state index in [1.807, 2.05) is 12.3 Å². The molecule has 21 heavy (non-hydrogen) atoms. The number of rotatable bonds is 3. The molecular weight excluding hydrogens is 262 g/mol. The van der Waals surface area contributed by atoms with E-state index >= 15 is 0 Å². The van der Waals surface area contributed by atoms with Crippen molar-refractivity contribution in [2.24, 2.45) is 0 Å². The summed E-state index contributed by atoms with van der Waals surface area (Å²) in [4.78, 5) is 6.85. The Morgan fingerprint density at radius 1 is 1.10 bits per heavy atom. The maximum Gasteiger partial charge on any atom is 0.128 e. The van der Waals surface area contributed by atoms with Gasteiger partial charge in [0, 0.05) is 31.4 Å². The van der Waals surface area contributed by atoms with Crippen molar-refractivity contribution < 1.29 is 4.74 Å². The van der Waals surface area contributed by atoms with Gasteiger partial charge in [0.2, 0.25) is 0 Å². The van der Waals surface area contributed by atoms with Crippen LogP contribution in [0, 0.1) is 0 Å². The molecule has 0 radical (unpaired) electrons. The Hall–Kier alpha value is -1.13. The minimum atomic E-state index is 0.389. The Balaban J connectivity index is 1.48. The van der Waals surface area contributed by atoms with Crippen LogP contribution in [-0.4, -0.2) is 42.4 Å². The van der Waals surface area contributed by atoms with Gasteiger partial charge in [-0.05, 0) is 51.7 Å². The molecular formula is C17H27N3O. The predicted octanol–water partition coefficient (Wildman–Crippen LogP) is 2.60. The summed E-state index contributed by atoms with van der Waals surface area (Å²) in [7, 11) is 0. The molecule has 2 unspecified atom stereocenters. The van der Waals surface area contributed by atoms with Crippen molar-refractivity contribution in [3.05, 3.63) is 24.4 Å². The molecule has 3 heterocycles. The van der Waals surface area contributed by atoms with Gasteiger partial charge in [-0.1, -0.05) is 6.07 Å². The first-order valence-corrected chi connectivity index (χ1v) is 8.28. The van der Waals surface area contributed by atoms with Crippen molar-refractivity contribution in [2.75, 3.05) is 18.0 Å². The summed E-state index contributed by atoms with van der Waals surface area (Å²) >= 11 is 0. The number of hydrogen-bond donors (Lipinski definition) is 1. The number of pyridine rings is 1. The number of piperidine rings is 1. The maximum absolute atomic E-state index is 5.82. The lowest BCUT2D eigenvalue weighted by Gasteiger charge is -2.38. The summed E-state index contributed by atoms with van der Waals surface area (Å²) in [5.41, 5.74) is 0. The predicted molar refractivity (Wildman–Crippen MR) is 85.6 cm³/mol. The van der Waals surface area contributed by atoms with Gasteiger partial charge in [-0.15, -0.1) is 0 Å². The van der Waals surface area contributed by atoms with E-state index in [2.05, 4.69) is 41.2 Å². The molecule has 116 valence electrons. The topological polar surface area (TPSA) is 37.4 Å². The van der Waals surface area contributed by atoms with Crippen LogP contribution in [0.25, 0.3) is 0 Å². The zero-order valence-corrected chi connectivity index (χ0v) is 13.2. The van der Waals surface area contributed by atoms with Crippen LogP contribution < -0.4 is 10.2 Å². The summed E-state index contributed by atoms with van der Waals surface area (Å²) in [6.45, 7) is 6.58. The third kappa shape index (κ3) is 3.95. The molecule has 1 aromatic rings. The molecule has 0 aliphatic carbocycles. The standard InChI is InChI=1S/C17H27N3O/c1-13-11-16(12-14(2)21-13)19-15-6-9-20(10-7-15)17-5-3-4-8-18-17/h3-5,8,13-16,19H,6-7,9-12H2,1-2H3. The minimum Gasteiger partial charge on any atom is -0.375 e. The second-order valence-corrected chi connectivity index (χ2v) is 6.54. The van der Waals surface area contributed by atoms with E-state index < -0.39 is 0 Å². The first kappa shape index (κ1) is 14.8. The summed E-state index contributed by atoms with van der Waals surface area (Å²) in [5, 5.41) is 3.86. The van der Waals surface area contributed by atoms with Gasteiger partial charge in [0.1, 0.15) is 5.82 Å². The van der Waals surface area contributed by atoms with Gasteiger partial charge in [0.25, 0.3) is 0 Å². The average Bonchev–Trinajstić information content (AvgIpc) is 2.48. The van der Waals surface area contributed by atoms with Gasteiger partial charge < -0.3 is 15.0 Å². The van der Waals surface area contributed by atoms with Crippen LogP contribution in [0.3, 0.4) is 0 Å². The summed E-state index contributed by atoms with van der Waals surface area (Å²) < 4.78 is 5.82. The van der Waals surface area contributed by atoms with E-state index in [-0.39, 0.29) is 0 Å². The van der Waals surface area contributed by atoms with Crippen molar-refractivity contribution in [3.8, 4) is 0 Å². The molecule has 2 saturated heterocycles. The summed E-state index contributed by atoms with van der Waals surface area (Å²) in [5.74, 6) is 1.12. The van der Waals surface area contributed by atoms with E-state index in [1.165, 1.54) is 12.8 Å². The fourth-order valence-electron chi connectivity index (χ4n) is 3.69. The molecule has 4 nitrogen and oxygen atoms in total. The van der Waals surface area contributed by atoms with E-state index in [1.54, 1.807) is 0 Å². The van der Waals surface area contributed by atoms with Crippen molar-refractivity contribution in [1.29, 1.82) is 0 Å². The molecule has 2 fully saturated rings. The summed E-state index contributed by atoms with van der Waals surface area (Å²) in [6, 6.07) is 7.42. The second kappa shape index (κ2) is 6.75. The van der Waals surface area contributed by atoms with E-state index in [0.29, 0.717) is 24.3 Å². The normalized spacial score (nSPS) is 31.3. The van der Waals surface area contributed by atoms with Crippen molar-refractivity contribution in [2.45, 2.75) is 63.8 Å². The first-order valence-electron chi connectivity index (χ1n) is 8.28. The number of anilines is 1. The fourth-order valence-corrected chi connectivity index (χ4v) is 3.69. The Morgan fingerprint density at radius 3 is 2.43 bits per heavy atom. The maximum atomic E-state index is 5.82. The van der Waals surface area contributed by atoms with Crippen LogP contribution >= 0.6 is 0 Å². The number of ether oxygens (including phenoxy) is 1. The van der Waals surface area contributed by atoms with Crippen molar-refractivity contribution >= 4 is 5.82 Å². The Bertz CT molecular complexity index is 421. The van der Waals surface area contributed by atoms with Crippen LogP contribution in [0.4, 0.5) is 5.82 Å². The lowest BCUT2D eigenvalue weighted by Crippen LogP contribution is -2.49. The molecule has 0 saturated carbocycles. The molecule has 2 aliphatic heterocycles. The molecule has 2 aliphatic rings. The van der Waals surface area contributed by atoms with Crippen LogP contribution in [0.15, 0.2) is 24.4 Å². The second-order valence-electron chi connectivity index (χ2n) is 6.54. The Kier molecular flexibility index (Phi) is 4.76. The molecule has 0 aromatic carbocycles. The zero-order valence-electron chi connectivity index (χ0n) is 13.2. The highest BCUT2D eigenvalue weighted by Crippen LogP contribution is 2.22. The Labute approximate surface area is 127 Å². The van der Waals surface area contributed by atoms with E-state index in [9.17, 15) is 0 Å². The monoisotopic (exact) mass is 289 g/mol. The van der Waals surface area contributed by atoms with Gasteiger partial charge in [-0.25, -0.2) is 4.98 Å². The third-order valence-corrected chi connectivity index (χ3v) is 4.64. The molecule has 4 heteroatoms. The molecule has 1 N–H and O–H groups in total. The quantitative estimate of drug-likeness (QED) is 0.928. The highest BCUT2D eigenvalue weighted by molar-refractivity contribution is 5.38. The van der Waals surface area contributed by atoms with Crippen molar-refractivity contribution in [3.63, 3.8) is 0 Å². The number of aromatic nitrogens is 1. The largest absolute Gasteiger partial charge is 0.375 e. The van der Waals surface area contributed by atoms with Gasteiger partial charge in [-0.3, -0.25) is 0 Å². The van der Waals surface area contributed by atoms with Crippen molar-refractivity contribution in [1.82, 2.24) is 10.3 Å². The van der Waals surface area contributed by atoms with Crippen LogP contribution in [0.2, 0.25) is 0 Å². The molecule has 2 atom stereocenters. The van der Waals surface area contributed by atoms with Crippen LogP contribution in [0.5, 0.6) is 0 Å². The molecule has 1 aromatic heterocycles. The smallest absolute Gasteiger partial charge is 0.128 e. The first-order chi connectivity index (χ1) is 10.2.